The van der Waals surface area contributed by atoms with E-state index in [2.05, 4.69) is 5.32 Å². The van der Waals surface area contributed by atoms with Gasteiger partial charge in [0.1, 0.15) is 5.75 Å². The number of aryl methyl sites for hydroxylation is 1. The minimum Gasteiger partial charge on any atom is -0.482 e. The molecule has 0 unspecified atom stereocenters. The van der Waals surface area contributed by atoms with E-state index in [9.17, 15) is 14.4 Å². The average Bonchev–Trinajstić information content (AvgIpc) is 3.43. The van der Waals surface area contributed by atoms with Crippen LogP contribution in [0.3, 0.4) is 0 Å². The van der Waals surface area contributed by atoms with Gasteiger partial charge >= 0.3 is 5.97 Å². The molecule has 0 spiro atoms. The molecule has 7 nitrogen and oxygen atoms in total. The minimum absolute atomic E-state index is 0.0643. The Hall–Kier alpha value is -2.28. The minimum atomic E-state index is -0.661. The molecule has 154 valence electrons. The monoisotopic (exact) mass is 410 g/mol. The van der Waals surface area contributed by atoms with Crippen LogP contribution in [-0.4, -0.2) is 55.5 Å². The van der Waals surface area contributed by atoms with E-state index in [1.54, 1.807) is 6.07 Å². The summed E-state index contributed by atoms with van der Waals surface area (Å²) in [6.07, 6.45) is 1.96. The average molecular weight is 411 g/mol. The van der Waals surface area contributed by atoms with Crippen LogP contribution in [-0.2, 0) is 19.1 Å². The second kappa shape index (κ2) is 9.78. The summed E-state index contributed by atoms with van der Waals surface area (Å²) < 4.78 is 10.5. The molecule has 0 aliphatic heterocycles. The predicted molar refractivity (Wildman–Crippen MR) is 106 cm³/mol. The van der Waals surface area contributed by atoms with Crippen molar-refractivity contribution in [2.75, 3.05) is 26.8 Å². The molecule has 0 atom stereocenters. The molecule has 1 aliphatic carbocycles. The van der Waals surface area contributed by atoms with Crippen molar-refractivity contribution in [2.45, 2.75) is 45.6 Å². The largest absolute Gasteiger partial charge is 0.482 e. The van der Waals surface area contributed by atoms with Gasteiger partial charge in [0.25, 0.3) is 5.91 Å². The van der Waals surface area contributed by atoms with Crippen molar-refractivity contribution in [3.63, 3.8) is 0 Å². The van der Waals surface area contributed by atoms with Crippen molar-refractivity contribution >= 4 is 29.4 Å². The van der Waals surface area contributed by atoms with Crippen LogP contribution in [0.15, 0.2) is 12.1 Å². The zero-order chi connectivity index (χ0) is 20.8. The third-order valence-corrected chi connectivity index (χ3v) is 4.77. The summed E-state index contributed by atoms with van der Waals surface area (Å²) >= 11 is 6.16. The molecule has 1 N–H and O–H groups in total. The van der Waals surface area contributed by atoms with Gasteiger partial charge in [-0.1, -0.05) is 25.4 Å². The van der Waals surface area contributed by atoms with Gasteiger partial charge in [0.2, 0.25) is 5.91 Å². The number of nitrogens with zero attached hydrogens (tertiary/aromatic N) is 1. The van der Waals surface area contributed by atoms with Gasteiger partial charge < -0.3 is 19.7 Å². The predicted octanol–water partition coefficient (Wildman–Crippen LogP) is 2.43. The molecule has 0 saturated heterocycles. The maximum Gasteiger partial charge on any atom is 0.344 e. The second-order valence-corrected chi connectivity index (χ2v) is 7.74. The van der Waals surface area contributed by atoms with E-state index < -0.39 is 18.5 Å². The van der Waals surface area contributed by atoms with E-state index in [0.29, 0.717) is 10.8 Å². The molecule has 1 aromatic carbocycles. The molecule has 2 rings (SSSR count). The highest BCUT2D eigenvalue weighted by atomic mass is 35.5. The molecule has 1 fully saturated rings. The number of likely N-dealkylation sites (N-methyl/N-ethyl adjacent to an activating group) is 1. The fourth-order valence-electron chi connectivity index (χ4n) is 2.48. The Labute approximate surface area is 170 Å². The van der Waals surface area contributed by atoms with E-state index in [-0.39, 0.29) is 31.0 Å². The molecule has 1 aliphatic rings. The maximum absolute atomic E-state index is 12.0. The Kier molecular flexibility index (Phi) is 7.69. The summed E-state index contributed by atoms with van der Waals surface area (Å²) in [4.78, 5) is 36.9. The van der Waals surface area contributed by atoms with Crippen LogP contribution in [0.4, 0.5) is 0 Å². The van der Waals surface area contributed by atoms with Gasteiger partial charge in [0, 0.05) is 18.1 Å². The summed E-state index contributed by atoms with van der Waals surface area (Å²) in [7, 11) is 1.49. The lowest BCUT2D eigenvalue weighted by molar-refractivity contribution is -0.153. The van der Waals surface area contributed by atoms with E-state index in [0.717, 1.165) is 24.0 Å². The number of rotatable bonds is 9. The first-order valence-electron chi connectivity index (χ1n) is 9.29. The highest BCUT2D eigenvalue weighted by molar-refractivity contribution is 6.31. The van der Waals surface area contributed by atoms with Gasteiger partial charge in [0.15, 0.2) is 13.2 Å². The zero-order valence-electron chi connectivity index (χ0n) is 16.7. The molecule has 0 bridgehead atoms. The molecule has 1 saturated carbocycles. The molecule has 0 aromatic heterocycles. The van der Waals surface area contributed by atoms with Gasteiger partial charge in [-0.15, -0.1) is 0 Å². The first-order valence-corrected chi connectivity index (χ1v) is 9.67. The van der Waals surface area contributed by atoms with Gasteiger partial charge in [0.05, 0.1) is 6.54 Å². The Balaban J connectivity index is 1.78. The van der Waals surface area contributed by atoms with Crippen LogP contribution in [0.2, 0.25) is 5.02 Å². The Morgan fingerprint density at radius 1 is 1.25 bits per heavy atom. The standard InChI is InChI=1S/C20H27ClN2O5/c1-12(2)15-8-16(21)13(3)7-17(15)27-11-20(26)28-10-19(25)23(4)9-18(24)22-14-5-6-14/h7-8,12,14H,5-6,9-11H2,1-4H3,(H,22,24). The van der Waals surface area contributed by atoms with Crippen molar-refractivity contribution < 1.29 is 23.9 Å². The molecule has 0 radical (unpaired) electrons. The smallest absolute Gasteiger partial charge is 0.344 e. The van der Waals surface area contributed by atoms with Crippen LogP contribution >= 0.6 is 11.6 Å². The summed E-state index contributed by atoms with van der Waals surface area (Å²) in [5.41, 5.74) is 1.73. The molecule has 0 heterocycles. The topological polar surface area (TPSA) is 84.9 Å². The van der Waals surface area contributed by atoms with Crippen LogP contribution < -0.4 is 10.1 Å². The number of ether oxygens (including phenoxy) is 2. The Morgan fingerprint density at radius 2 is 1.93 bits per heavy atom. The number of benzene rings is 1. The normalized spacial score (nSPS) is 13.2. The number of carbonyl (C=O) groups is 3. The molecule has 2 amide bonds. The first-order chi connectivity index (χ1) is 13.2. The second-order valence-electron chi connectivity index (χ2n) is 7.33. The van der Waals surface area contributed by atoms with Gasteiger partial charge in [-0.3, -0.25) is 9.59 Å². The number of halogens is 1. The molecular formula is C20H27ClN2O5. The summed E-state index contributed by atoms with van der Waals surface area (Å²) in [5, 5.41) is 3.43. The van der Waals surface area contributed by atoms with Crippen LogP contribution in [0, 0.1) is 6.92 Å². The number of carbonyl (C=O) groups excluding carboxylic acids is 3. The summed E-state index contributed by atoms with van der Waals surface area (Å²) in [6, 6.07) is 3.84. The van der Waals surface area contributed by atoms with E-state index >= 15 is 0 Å². The van der Waals surface area contributed by atoms with E-state index in [1.165, 1.54) is 11.9 Å². The number of nitrogens with one attached hydrogen (secondary N) is 1. The van der Waals surface area contributed by atoms with Crippen molar-refractivity contribution in [3.05, 3.63) is 28.3 Å². The van der Waals surface area contributed by atoms with Crippen LogP contribution in [0.5, 0.6) is 5.75 Å². The fourth-order valence-corrected chi connectivity index (χ4v) is 2.65. The number of hydrogen-bond acceptors (Lipinski definition) is 5. The van der Waals surface area contributed by atoms with Crippen LogP contribution in [0.1, 0.15) is 43.7 Å². The lowest BCUT2D eigenvalue weighted by Gasteiger charge is -2.17. The first kappa shape index (κ1) is 22.0. The third-order valence-electron chi connectivity index (χ3n) is 4.36. The Bertz CT molecular complexity index is 746. The fraction of sp³-hybridized carbons (Fsp3) is 0.550. The highest BCUT2D eigenvalue weighted by Crippen LogP contribution is 2.32. The van der Waals surface area contributed by atoms with Gasteiger partial charge in [-0.2, -0.15) is 0 Å². The SMILES string of the molecule is Cc1cc(OCC(=O)OCC(=O)N(C)CC(=O)NC2CC2)c(C(C)C)cc1Cl. The van der Waals surface area contributed by atoms with Crippen molar-refractivity contribution in [1.29, 1.82) is 0 Å². The van der Waals surface area contributed by atoms with Gasteiger partial charge in [-0.05, 0) is 48.9 Å². The molecule has 1 aromatic rings. The third kappa shape index (κ3) is 6.71. The number of hydrogen-bond donors (Lipinski definition) is 1. The van der Waals surface area contributed by atoms with Gasteiger partial charge in [-0.25, -0.2) is 4.79 Å². The molecule has 8 heteroatoms. The van der Waals surface area contributed by atoms with E-state index in [1.807, 2.05) is 26.8 Å². The Morgan fingerprint density at radius 3 is 2.54 bits per heavy atom. The van der Waals surface area contributed by atoms with E-state index in [4.69, 9.17) is 21.1 Å². The summed E-state index contributed by atoms with van der Waals surface area (Å²) in [6.45, 7) is 5.03. The zero-order valence-corrected chi connectivity index (χ0v) is 17.5. The maximum atomic E-state index is 12.0. The van der Waals surface area contributed by atoms with Crippen molar-refractivity contribution in [1.82, 2.24) is 10.2 Å². The summed E-state index contributed by atoms with van der Waals surface area (Å²) in [5.74, 6) is -0.599. The number of esters is 1. The lowest BCUT2D eigenvalue weighted by Crippen LogP contribution is -2.41. The highest BCUT2D eigenvalue weighted by Gasteiger charge is 2.24. The molecule has 28 heavy (non-hydrogen) atoms. The number of amides is 2. The van der Waals surface area contributed by atoms with Crippen LogP contribution in [0.25, 0.3) is 0 Å². The quantitative estimate of drug-likeness (QED) is 0.632. The lowest BCUT2D eigenvalue weighted by atomic mass is 10.0. The van der Waals surface area contributed by atoms with Crippen molar-refractivity contribution in [2.24, 2.45) is 0 Å². The van der Waals surface area contributed by atoms with Crippen molar-refractivity contribution in [3.8, 4) is 5.75 Å². The molecular weight excluding hydrogens is 384 g/mol.